The molecule has 0 saturated carbocycles. The smallest absolute Gasteiger partial charge is 0.303 e. The molecule has 0 aliphatic carbocycles. The summed E-state index contributed by atoms with van der Waals surface area (Å²) >= 11 is 1.74. The first-order valence-corrected chi connectivity index (χ1v) is 5.37. The Kier molecular flexibility index (Phi) is 7.29. The molecule has 0 bridgehead atoms. The first-order chi connectivity index (χ1) is 5.66. The Balaban J connectivity index is 3.05. The van der Waals surface area contributed by atoms with Crippen LogP contribution in [0.2, 0.25) is 0 Å². The first kappa shape index (κ1) is 11.8. The van der Waals surface area contributed by atoms with Crippen LogP contribution in [0.3, 0.4) is 0 Å². The van der Waals surface area contributed by atoms with Crippen LogP contribution in [-0.4, -0.2) is 28.6 Å². The molecule has 0 spiro atoms. The zero-order valence-electron chi connectivity index (χ0n) is 7.45. The number of rotatable bonds is 7. The van der Waals surface area contributed by atoms with Crippen LogP contribution in [0.5, 0.6) is 0 Å². The van der Waals surface area contributed by atoms with Crippen molar-refractivity contribution in [1.82, 2.24) is 0 Å². The van der Waals surface area contributed by atoms with Crippen LogP contribution in [0.15, 0.2) is 0 Å². The van der Waals surface area contributed by atoms with Gasteiger partial charge in [-0.25, -0.2) is 0 Å². The molecule has 0 aromatic heterocycles. The average molecular weight is 191 g/mol. The molecule has 1 unspecified atom stereocenters. The highest BCUT2D eigenvalue weighted by Gasteiger charge is 2.00. The lowest BCUT2D eigenvalue weighted by Gasteiger charge is -2.06. The molecular weight excluding hydrogens is 174 g/mol. The zero-order valence-corrected chi connectivity index (χ0v) is 8.27. The fourth-order valence-electron chi connectivity index (χ4n) is 0.678. The Morgan fingerprint density at radius 1 is 1.67 bits per heavy atom. The average Bonchev–Trinajstić information content (AvgIpc) is 2.03. The van der Waals surface area contributed by atoms with Gasteiger partial charge in [0.05, 0.1) is 0 Å². The van der Waals surface area contributed by atoms with Crippen molar-refractivity contribution in [3.8, 4) is 0 Å². The summed E-state index contributed by atoms with van der Waals surface area (Å²) in [6, 6.07) is 0.264. The van der Waals surface area contributed by atoms with E-state index in [1.807, 2.05) is 0 Å². The Hall–Kier alpha value is -0.220. The van der Waals surface area contributed by atoms with Gasteiger partial charge in [-0.1, -0.05) is 6.92 Å². The minimum absolute atomic E-state index is 0.264. The third-order valence-corrected chi connectivity index (χ3v) is 2.78. The highest BCUT2D eigenvalue weighted by molar-refractivity contribution is 7.99. The van der Waals surface area contributed by atoms with Gasteiger partial charge >= 0.3 is 5.97 Å². The first-order valence-electron chi connectivity index (χ1n) is 4.22. The maximum Gasteiger partial charge on any atom is 0.303 e. The van der Waals surface area contributed by atoms with Gasteiger partial charge in [-0.15, -0.1) is 0 Å². The molecule has 0 aromatic rings. The van der Waals surface area contributed by atoms with Gasteiger partial charge in [0.1, 0.15) is 0 Å². The summed E-state index contributed by atoms with van der Waals surface area (Å²) in [6.07, 6.45) is 2.01. The van der Waals surface area contributed by atoms with E-state index in [9.17, 15) is 4.79 Å². The number of carboxylic acid groups (broad SMARTS) is 1. The molecule has 0 rings (SSSR count). The van der Waals surface area contributed by atoms with E-state index in [-0.39, 0.29) is 12.5 Å². The summed E-state index contributed by atoms with van der Waals surface area (Å²) in [5.41, 5.74) is 5.68. The number of hydrogen-bond acceptors (Lipinski definition) is 3. The van der Waals surface area contributed by atoms with Gasteiger partial charge in [0, 0.05) is 18.2 Å². The van der Waals surface area contributed by atoms with E-state index in [4.69, 9.17) is 10.8 Å². The Labute approximate surface area is 77.7 Å². The van der Waals surface area contributed by atoms with Crippen molar-refractivity contribution in [2.45, 2.75) is 32.2 Å². The topological polar surface area (TPSA) is 63.3 Å². The van der Waals surface area contributed by atoms with Crippen molar-refractivity contribution in [2.75, 3.05) is 11.5 Å². The van der Waals surface area contributed by atoms with Crippen LogP contribution in [0.4, 0.5) is 0 Å². The Bertz CT molecular complexity index is 130. The summed E-state index contributed by atoms with van der Waals surface area (Å²) in [6.45, 7) is 2.06. The molecule has 3 N–H and O–H groups in total. The zero-order chi connectivity index (χ0) is 9.40. The van der Waals surface area contributed by atoms with E-state index < -0.39 is 5.97 Å². The number of carbonyl (C=O) groups is 1. The van der Waals surface area contributed by atoms with Crippen molar-refractivity contribution in [3.63, 3.8) is 0 Å². The van der Waals surface area contributed by atoms with Crippen LogP contribution >= 0.6 is 11.8 Å². The number of carboxylic acids is 1. The molecule has 0 heterocycles. The normalized spacial score (nSPS) is 12.8. The monoisotopic (exact) mass is 191 g/mol. The van der Waals surface area contributed by atoms with Gasteiger partial charge in [-0.05, 0) is 18.6 Å². The summed E-state index contributed by atoms with van der Waals surface area (Å²) < 4.78 is 0. The molecule has 0 fully saturated rings. The fourth-order valence-corrected chi connectivity index (χ4v) is 1.73. The van der Waals surface area contributed by atoms with Gasteiger partial charge in [-0.2, -0.15) is 11.8 Å². The largest absolute Gasteiger partial charge is 0.481 e. The van der Waals surface area contributed by atoms with E-state index in [0.717, 1.165) is 24.3 Å². The van der Waals surface area contributed by atoms with Gasteiger partial charge in [0.2, 0.25) is 0 Å². The van der Waals surface area contributed by atoms with Crippen LogP contribution in [0, 0.1) is 0 Å². The van der Waals surface area contributed by atoms with Gasteiger partial charge < -0.3 is 10.8 Å². The number of aliphatic carboxylic acids is 1. The lowest BCUT2D eigenvalue weighted by atomic mass is 10.3. The molecule has 0 aliphatic rings. The number of hydrogen-bond donors (Lipinski definition) is 2. The number of nitrogens with two attached hydrogens (primary N) is 1. The molecule has 0 radical (unpaired) electrons. The van der Waals surface area contributed by atoms with E-state index in [0.29, 0.717) is 0 Å². The molecule has 0 amide bonds. The maximum atomic E-state index is 10.1. The Morgan fingerprint density at radius 3 is 2.83 bits per heavy atom. The third kappa shape index (κ3) is 7.88. The molecule has 3 nitrogen and oxygen atoms in total. The van der Waals surface area contributed by atoms with Crippen LogP contribution in [0.1, 0.15) is 26.2 Å². The predicted molar refractivity (Wildman–Crippen MR) is 52.5 cm³/mol. The van der Waals surface area contributed by atoms with Crippen molar-refractivity contribution in [1.29, 1.82) is 0 Å². The van der Waals surface area contributed by atoms with Crippen molar-refractivity contribution >= 4 is 17.7 Å². The summed E-state index contributed by atoms with van der Waals surface area (Å²) in [5, 5.41) is 8.33. The lowest BCUT2D eigenvalue weighted by molar-refractivity contribution is -0.137. The van der Waals surface area contributed by atoms with E-state index in [1.54, 1.807) is 11.8 Å². The second-order valence-electron chi connectivity index (χ2n) is 2.74. The minimum atomic E-state index is -0.713. The third-order valence-electron chi connectivity index (χ3n) is 1.54. The fraction of sp³-hybridized carbons (Fsp3) is 0.875. The van der Waals surface area contributed by atoms with E-state index >= 15 is 0 Å². The lowest BCUT2D eigenvalue weighted by Crippen LogP contribution is -2.21. The second-order valence-corrected chi connectivity index (χ2v) is 3.89. The molecular formula is C8H17NO2S. The van der Waals surface area contributed by atoms with Crippen molar-refractivity contribution < 1.29 is 9.90 Å². The van der Waals surface area contributed by atoms with Crippen molar-refractivity contribution in [2.24, 2.45) is 5.73 Å². The maximum absolute atomic E-state index is 10.1. The van der Waals surface area contributed by atoms with Crippen LogP contribution < -0.4 is 5.73 Å². The quantitative estimate of drug-likeness (QED) is 0.596. The van der Waals surface area contributed by atoms with Crippen LogP contribution in [-0.2, 0) is 4.79 Å². The SMILES string of the molecule is CCC(N)CSCCCC(=O)O. The van der Waals surface area contributed by atoms with Crippen LogP contribution in [0.25, 0.3) is 0 Å². The molecule has 12 heavy (non-hydrogen) atoms. The molecule has 0 aliphatic heterocycles. The number of thioether (sulfide) groups is 1. The van der Waals surface area contributed by atoms with Gasteiger partial charge in [0.15, 0.2) is 0 Å². The van der Waals surface area contributed by atoms with E-state index in [2.05, 4.69) is 6.92 Å². The van der Waals surface area contributed by atoms with Crippen molar-refractivity contribution in [3.05, 3.63) is 0 Å². The second kappa shape index (κ2) is 7.43. The standard InChI is InChI=1S/C8H17NO2S/c1-2-7(9)6-12-5-3-4-8(10)11/h7H,2-6,9H2,1H3,(H,10,11). The van der Waals surface area contributed by atoms with Gasteiger partial charge in [0.25, 0.3) is 0 Å². The summed E-state index contributed by atoms with van der Waals surface area (Å²) in [7, 11) is 0. The summed E-state index contributed by atoms with van der Waals surface area (Å²) in [5.74, 6) is 1.13. The predicted octanol–water partition coefficient (Wildman–Crippen LogP) is 1.32. The summed E-state index contributed by atoms with van der Waals surface area (Å²) in [4.78, 5) is 10.1. The molecule has 0 aromatic carbocycles. The Morgan fingerprint density at radius 2 is 2.33 bits per heavy atom. The minimum Gasteiger partial charge on any atom is -0.481 e. The molecule has 1 atom stereocenters. The van der Waals surface area contributed by atoms with Gasteiger partial charge in [-0.3, -0.25) is 4.79 Å². The molecule has 0 saturated heterocycles. The highest BCUT2D eigenvalue weighted by atomic mass is 32.2. The van der Waals surface area contributed by atoms with E-state index in [1.165, 1.54) is 0 Å². The molecule has 72 valence electrons. The highest BCUT2D eigenvalue weighted by Crippen LogP contribution is 2.06. The molecule has 4 heteroatoms.